The summed E-state index contributed by atoms with van der Waals surface area (Å²) in [5.41, 5.74) is 1.45. The van der Waals surface area contributed by atoms with E-state index >= 15 is 0 Å². The number of nitrogens with one attached hydrogen (secondary N) is 2. The molecule has 0 radical (unpaired) electrons. The van der Waals surface area contributed by atoms with Crippen LogP contribution in [0.1, 0.15) is 39.0 Å². The van der Waals surface area contributed by atoms with Crippen molar-refractivity contribution in [2.45, 2.75) is 39.0 Å². The van der Waals surface area contributed by atoms with Crippen LogP contribution in [0.3, 0.4) is 0 Å². The Bertz CT molecular complexity index is 188. The van der Waals surface area contributed by atoms with Gasteiger partial charge in [0.05, 0.1) is 0 Å². The third-order valence-corrected chi connectivity index (χ3v) is 4.19. The van der Waals surface area contributed by atoms with Crippen molar-refractivity contribution < 1.29 is 0 Å². The largest absolute Gasteiger partial charge is 0.320 e. The fourth-order valence-corrected chi connectivity index (χ4v) is 3.67. The van der Waals surface area contributed by atoms with Gasteiger partial charge in [0.1, 0.15) is 0 Å². The van der Waals surface area contributed by atoms with Gasteiger partial charge >= 0.3 is 0 Å². The molecule has 0 amide bonds. The molecule has 2 nitrogen and oxygen atoms in total. The molecule has 1 heterocycles. The van der Waals surface area contributed by atoms with Crippen molar-refractivity contribution in [2.75, 3.05) is 26.7 Å². The molecule has 82 valence electrons. The fraction of sp³-hybridized carbons (Fsp3) is 1.00. The summed E-state index contributed by atoms with van der Waals surface area (Å²) in [6.45, 7) is 6.10. The lowest BCUT2D eigenvalue weighted by Crippen LogP contribution is -2.64. The third-order valence-electron chi connectivity index (χ3n) is 4.19. The first-order chi connectivity index (χ1) is 6.74. The molecule has 2 rings (SSSR count). The summed E-state index contributed by atoms with van der Waals surface area (Å²) in [6.07, 6.45) is 7.16. The number of hydrogen-bond acceptors (Lipinski definition) is 2. The van der Waals surface area contributed by atoms with E-state index in [1.807, 2.05) is 0 Å². The average molecular weight is 196 g/mol. The Morgan fingerprint density at radius 2 is 1.93 bits per heavy atom. The molecule has 1 aliphatic carbocycles. The van der Waals surface area contributed by atoms with E-state index in [1.165, 1.54) is 51.7 Å². The molecule has 1 saturated heterocycles. The van der Waals surface area contributed by atoms with Gasteiger partial charge in [-0.25, -0.2) is 0 Å². The van der Waals surface area contributed by atoms with E-state index in [0.29, 0.717) is 5.41 Å². The highest BCUT2D eigenvalue weighted by molar-refractivity contribution is 5.09. The molecule has 0 unspecified atom stereocenters. The average Bonchev–Trinajstić information content (AvgIpc) is 2.05. The van der Waals surface area contributed by atoms with Gasteiger partial charge < -0.3 is 10.6 Å². The molecule has 0 bridgehead atoms. The van der Waals surface area contributed by atoms with Gasteiger partial charge in [-0.1, -0.05) is 13.3 Å². The van der Waals surface area contributed by atoms with Crippen LogP contribution in [0.4, 0.5) is 0 Å². The smallest absolute Gasteiger partial charge is 0.00206 e. The lowest BCUT2D eigenvalue weighted by Gasteiger charge is -2.62. The van der Waals surface area contributed by atoms with E-state index in [-0.39, 0.29) is 0 Å². The Hall–Kier alpha value is -0.0800. The van der Waals surface area contributed by atoms with Crippen molar-refractivity contribution in [3.05, 3.63) is 0 Å². The van der Waals surface area contributed by atoms with Crippen LogP contribution in [0.25, 0.3) is 0 Å². The highest BCUT2D eigenvalue weighted by atomic mass is 15.0. The van der Waals surface area contributed by atoms with Gasteiger partial charge in [-0.3, -0.25) is 0 Å². The molecule has 0 atom stereocenters. The van der Waals surface area contributed by atoms with E-state index < -0.39 is 0 Å². The van der Waals surface area contributed by atoms with E-state index in [4.69, 9.17) is 0 Å². The van der Waals surface area contributed by atoms with Gasteiger partial charge in [-0.05, 0) is 50.1 Å². The monoisotopic (exact) mass is 196 g/mol. The molecule has 1 spiro atoms. The molecule has 2 N–H and O–H groups in total. The molecular weight excluding hydrogens is 172 g/mol. The predicted octanol–water partition coefficient (Wildman–Crippen LogP) is 1.77. The SMILES string of the molecule is CCCC1(CCNC)CC2(CNC2)C1. The molecule has 0 aromatic heterocycles. The summed E-state index contributed by atoms with van der Waals surface area (Å²) >= 11 is 0. The van der Waals surface area contributed by atoms with Crippen molar-refractivity contribution in [3.8, 4) is 0 Å². The van der Waals surface area contributed by atoms with Crippen molar-refractivity contribution in [2.24, 2.45) is 10.8 Å². The zero-order chi connectivity index (χ0) is 10.1. The fourth-order valence-electron chi connectivity index (χ4n) is 3.67. The standard InChI is InChI=1S/C12H24N2/c1-3-4-11(5-6-13-2)7-12(8-11)9-14-10-12/h13-14H,3-10H2,1-2H3. The summed E-state index contributed by atoms with van der Waals surface area (Å²) in [5.74, 6) is 0. The summed E-state index contributed by atoms with van der Waals surface area (Å²) in [5, 5.41) is 6.72. The molecule has 2 heteroatoms. The predicted molar refractivity (Wildman–Crippen MR) is 60.4 cm³/mol. The van der Waals surface area contributed by atoms with Crippen molar-refractivity contribution in [1.29, 1.82) is 0 Å². The Balaban J connectivity index is 1.84. The lowest BCUT2D eigenvalue weighted by molar-refractivity contribution is -0.0866. The summed E-state index contributed by atoms with van der Waals surface area (Å²) in [4.78, 5) is 0. The maximum absolute atomic E-state index is 3.42. The van der Waals surface area contributed by atoms with Gasteiger partial charge in [-0.2, -0.15) is 0 Å². The lowest BCUT2D eigenvalue weighted by atomic mass is 9.48. The first-order valence-corrected chi connectivity index (χ1v) is 6.10. The first-order valence-electron chi connectivity index (χ1n) is 6.10. The maximum atomic E-state index is 3.42. The van der Waals surface area contributed by atoms with Crippen LogP contribution in [0.15, 0.2) is 0 Å². The van der Waals surface area contributed by atoms with Crippen LogP contribution >= 0.6 is 0 Å². The van der Waals surface area contributed by atoms with Crippen molar-refractivity contribution in [1.82, 2.24) is 10.6 Å². The summed E-state index contributed by atoms with van der Waals surface area (Å²) < 4.78 is 0. The van der Waals surface area contributed by atoms with Crippen LogP contribution in [0, 0.1) is 10.8 Å². The Kier molecular flexibility index (Phi) is 2.85. The molecule has 0 aromatic carbocycles. The van der Waals surface area contributed by atoms with Gasteiger partial charge in [0, 0.05) is 13.1 Å². The third kappa shape index (κ3) is 1.70. The van der Waals surface area contributed by atoms with Crippen LogP contribution in [-0.4, -0.2) is 26.7 Å². The molecule has 0 aromatic rings. The van der Waals surface area contributed by atoms with Crippen LogP contribution in [0.2, 0.25) is 0 Å². The molecule has 2 fully saturated rings. The van der Waals surface area contributed by atoms with Crippen molar-refractivity contribution >= 4 is 0 Å². The number of hydrogen-bond donors (Lipinski definition) is 2. The normalized spacial score (nSPS) is 27.0. The van der Waals surface area contributed by atoms with Gasteiger partial charge in [0.15, 0.2) is 0 Å². The molecule has 1 saturated carbocycles. The van der Waals surface area contributed by atoms with E-state index in [1.54, 1.807) is 0 Å². The molecular formula is C12H24N2. The van der Waals surface area contributed by atoms with Gasteiger partial charge in [0.2, 0.25) is 0 Å². The minimum absolute atomic E-state index is 0.708. The zero-order valence-corrected chi connectivity index (χ0v) is 9.66. The van der Waals surface area contributed by atoms with Crippen molar-refractivity contribution in [3.63, 3.8) is 0 Å². The second-order valence-electron chi connectivity index (χ2n) is 5.56. The minimum Gasteiger partial charge on any atom is -0.320 e. The molecule has 1 aliphatic heterocycles. The van der Waals surface area contributed by atoms with Gasteiger partial charge in [0.25, 0.3) is 0 Å². The highest BCUT2D eigenvalue weighted by Gasteiger charge is 2.55. The van der Waals surface area contributed by atoms with Crippen LogP contribution in [-0.2, 0) is 0 Å². The van der Waals surface area contributed by atoms with Gasteiger partial charge in [-0.15, -0.1) is 0 Å². The quantitative estimate of drug-likeness (QED) is 0.700. The minimum atomic E-state index is 0.708. The summed E-state index contributed by atoms with van der Waals surface area (Å²) in [7, 11) is 2.07. The Morgan fingerprint density at radius 3 is 2.36 bits per heavy atom. The van der Waals surface area contributed by atoms with Crippen LogP contribution < -0.4 is 10.6 Å². The molecule has 14 heavy (non-hydrogen) atoms. The summed E-state index contributed by atoms with van der Waals surface area (Å²) in [6, 6.07) is 0. The number of rotatable bonds is 5. The Morgan fingerprint density at radius 1 is 1.21 bits per heavy atom. The topological polar surface area (TPSA) is 24.1 Å². The van der Waals surface area contributed by atoms with E-state index in [2.05, 4.69) is 24.6 Å². The Labute approximate surface area is 87.8 Å². The first kappa shape index (κ1) is 10.4. The maximum Gasteiger partial charge on any atom is 0.00206 e. The van der Waals surface area contributed by atoms with Crippen LogP contribution in [0.5, 0.6) is 0 Å². The molecule has 2 aliphatic rings. The zero-order valence-electron chi connectivity index (χ0n) is 9.66. The highest BCUT2D eigenvalue weighted by Crippen LogP contribution is 2.60. The second-order valence-corrected chi connectivity index (χ2v) is 5.56. The van der Waals surface area contributed by atoms with E-state index in [9.17, 15) is 0 Å². The second kappa shape index (κ2) is 3.82. The van der Waals surface area contributed by atoms with E-state index in [0.717, 1.165) is 5.41 Å².